The maximum absolute atomic E-state index is 5.77. The lowest BCUT2D eigenvalue weighted by molar-refractivity contribution is 1.06. The molecule has 3 N–H and O–H groups in total. The molecule has 2 aromatic carbocycles. The van der Waals surface area contributed by atoms with E-state index in [9.17, 15) is 0 Å². The van der Waals surface area contributed by atoms with E-state index >= 15 is 0 Å². The van der Waals surface area contributed by atoms with Crippen LogP contribution in [0.1, 0.15) is 16.8 Å². The van der Waals surface area contributed by atoms with Crippen LogP contribution in [0.25, 0.3) is 22.2 Å². The predicted molar refractivity (Wildman–Crippen MR) is 110 cm³/mol. The number of hydrogen-bond donors (Lipinski definition) is 2. The Bertz CT molecular complexity index is 1090. The van der Waals surface area contributed by atoms with Crippen LogP contribution in [-0.2, 0) is 6.54 Å². The maximum atomic E-state index is 5.77. The molecular weight excluding hydrogens is 334 g/mol. The molecule has 0 saturated heterocycles. The largest absolute Gasteiger partial charge is 0.368 e. The van der Waals surface area contributed by atoms with Gasteiger partial charge in [-0.25, -0.2) is 9.97 Å². The molecule has 0 aliphatic heterocycles. The number of fused-ring (bicyclic) bond motifs is 1. The molecule has 0 saturated carbocycles. The van der Waals surface area contributed by atoms with Crippen molar-refractivity contribution >= 4 is 22.7 Å². The molecule has 0 unspecified atom stereocenters. The van der Waals surface area contributed by atoms with Crippen LogP contribution in [0.5, 0.6) is 0 Å². The molecule has 0 amide bonds. The lowest BCUT2D eigenvalue weighted by Gasteiger charge is -2.14. The number of hydrogen-bond acceptors (Lipinski definition) is 5. The minimum atomic E-state index is 0.271. The van der Waals surface area contributed by atoms with Gasteiger partial charge in [-0.2, -0.15) is 4.98 Å². The summed E-state index contributed by atoms with van der Waals surface area (Å²) in [6.07, 6.45) is 0. The summed E-state index contributed by atoms with van der Waals surface area (Å²) < 4.78 is 0. The number of para-hydroxylation sites is 1. The highest BCUT2D eigenvalue weighted by Gasteiger charge is 2.11. The predicted octanol–water partition coefficient (Wildman–Crippen LogP) is 4.50. The third-order valence-corrected chi connectivity index (χ3v) is 4.51. The second kappa shape index (κ2) is 7.03. The van der Waals surface area contributed by atoms with Crippen molar-refractivity contribution in [2.45, 2.75) is 20.4 Å². The summed E-state index contributed by atoms with van der Waals surface area (Å²) in [5.74, 6) is 0.983. The monoisotopic (exact) mass is 355 g/mol. The van der Waals surface area contributed by atoms with Crippen LogP contribution in [0, 0.1) is 13.8 Å². The Morgan fingerprint density at radius 2 is 1.70 bits per heavy atom. The van der Waals surface area contributed by atoms with Crippen LogP contribution >= 0.6 is 0 Å². The van der Waals surface area contributed by atoms with Gasteiger partial charge >= 0.3 is 0 Å². The SMILES string of the molecule is Cc1cc(NCc2cc3cccc(C)c3nc2-c2ccccc2)nc(N)n1. The minimum absolute atomic E-state index is 0.271. The van der Waals surface area contributed by atoms with E-state index in [0.29, 0.717) is 12.4 Å². The fourth-order valence-corrected chi connectivity index (χ4v) is 3.24. The van der Waals surface area contributed by atoms with Gasteiger partial charge < -0.3 is 11.1 Å². The van der Waals surface area contributed by atoms with Crippen molar-refractivity contribution < 1.29 is 0 Å². The number of rotatable bonds is 4. The maximum Gasteiger partial charge on any atom is 0.222 e. The molecule has 0 fully saturated rings. The van der Waals surface area contributed by atoms with Gasteiger partial charge in [0.1, 0.15) is 5.82 Å². The molecule has 2 aromatic heterocycles. The lowest BCUT2D eigenvalue weighted by Crippen LogP contribution is -2.07. The summed E-state index contributed by atoms with van der Waals surface area (Å²) in [5, 5.41) is 4.49. The fraction of sp³-hybridized carbons (Fsp3) is 0.136. The van der Waals surface area contributed by atoms with Gasteiger partial charge in [-0.05, 0) is 31.0 Å². The smallest absolute Gasteiger partial charge is 0.222 e. The van der Waals surface area contributed by atoms with Crippen molar-refractivity contribution in [2.24, 2.45) is 0 Å². The molecular formula is C22H21N5. The van der Waals surface area contributed by atoms with Crippen molar-refractivity contribution in [1.29, 1.82) is 0 Å². The van der Waals surface area contributed by atoms with Crippen molar-refractivity contribution in [2.75, 3.05) is 11.1 Å². The Morgan fingerprint density at radius 3 is 2.48 bits per heavy atom. The zero-order valence-electron chi connectivity index (χ0n) is 15.4. The molecule has 4 rings (SSSR count). The second-order valence-electron chi connectivity index (χ2n) is 6.62. The third-order valence-electron chi connectivity index (χ3n) is 4.51. The van der Waals surface area contributed by atoms with Crippen LogP contribution in [0.2, 0.25) is 0 Å². The molecule has 0 bridgehead atoms. The number of benzene rings is 2. The number of anilines is 2. The zero-order valence-corrected chi connectivity index (χ0v) is 15.4. The first kappa shape index (κ1) is 17.0. The summed E-state index contributed by atoms with van der Waals surface area (Å²) in [4.78, 5) is 13.4. The Hall–Kier alpha value is -3.47. The van der Waals surface area contributed by atoms with Gasteiger partial charge in [0.2, 0.25) is 5.95 Å². The Balaban J connectivity index is 1.78. The van der Waals surface area contributed by atoms with Gasteiger partial charge in [0, 0.05) is 29.3 Å². The quantitative estimate of drug-likeness (QED) is 0.563. The molecule has 0 radical (unpaired) electrons. The van der Waals surface area contributed by atoms with Crippen molar-refractivity contribution in [1.82, 2.24) is 15.0 Å². The molecule has 0 aliphatic carbocycles. The second-order valence-corrected chi connectivity index (χ2v) is 6.62. The molecule has 0 spiro atoms. The number of nitrogens with zero attached hydrogens (tertiary/aromatic N) is 3. The summed E-state index contributed by atoms with van der Waals surface area (Å²) in [5.41, 5.74) is 12.0. The van der Waals surface area contributed by atoms with Gasteiger partial charge in [0.15, 0.2) is 0 Å². The average Bonchev–Trinajstić information content (AvgIpc) is 2.66. The van der Waals surface area contributed by atoms with Crippen LogP contribution in [0.15, 0.2) is 60.7 Å². The summed E-state index contributed by atoms with van der Waals surface area (Å²) >= 11 is 0. The Kier molecular flexibility index (Phi) is 4.42. The standard InChI is InChI=1S/C22H21N5/c1-14-7-6-10-17-12-18(13-24-19-11-15(2)25-22(23)26-19)21(27-20(14)17)16-8-4-3-5-9-16/h3-12H,13H2,1-2H3,(H3,23,24,25,26). The van der Waals surface area contributed by atoms with Crippen molar-refractivity contribution in [3.63, 3.8) is 0 Å². The molecule has 5 nitrogen and oxygen atoms in total. The van der Waals surface area contributed by atoms with Crippen molar-refractivity contribution in [3.05, 3.63) is 77.5 Å². The van der Waals surface area contributed by atoms with Crippen LogP contribution in [0.4, 0.5) is 11.8 Å². The lowest BCUT2D eigenvalue weighted by atomic mass is 10.0. The highest BCUT2D eigenvalue weighted by atomic mass is 15.1. The highest BCUT2D eigenvalue weighted by Crippen LogP contribution is 2.27. The minimum Gasteiger partial charge on any atom is -0.368 e. The van der Waals surface area contributed by atoms with Gasteiger partial charge in [0.05, 0.1) is 11.2 Å². The fourth-order valence-electron chi connectivity index (χ4n) is 3.24. The Morgan fingerprint density at radius 1 is 0.889 bits per heavy atom. The number of aryl methyl sites for hydroxylation is 2. The topological polar surface area (TPSA) is 76.7 Å². The number of nitrogens with two attached hydrogens (primary N) is 1. The first-order chi connectivity index (χ1) is 13.1. The van der Waals surface area contributed by atoms with E-state index in [1.807, 2.05) is 31.2 Å². The summed E-state index contributed by atoms with van der Waals surface area (Å²) in [6, 6.07) is 20.6. The summed E-state index contributed by atoms with van der Waals surface area (Å²) in [7, 11) is 0. The first-order valence-corrected chi connectivity index (χ1v) is 8.90. The van der Waals surface area contributed by atoms with E-state index in [2.05, 4.69) is 58.6 Å². The van der Waals surface area contributed by atoms with Gasteiger partial charge in [-0.1, -0.05) is 48.5 Å². The number of nitrogen functional groups attached to an aromatic ring is 1. The van der Waals surface area contributed by atoms with E-state index < -0.39 is 0 Å². The highest BCUT2D eigenvalue weighted by molar-refractivity contribution is 5.86. The molecule has 0 aliphatic rings. The third kappa shape index (κ3) is 3.58. The normalized spacial score (nSPS) is 10.9. The molecule has 0 atom stereocenters. The van der Waals surface area contributed by atoms with Gasteiger partial charge in [-0.15, -0.1) is 0 Å². The number of aromatic nitrogens is 3. The van der Waals surface area contributed by atoms with E-state index in [4.69, 9.17) is 10.7 Å². The molecule has 2 heterocycles. The first-order valence-electron chi connectivity index (χ1n) is 8.90. The van der Waals surface area contributed by atoms with E-state index in [0.717, 1.165) is 33.4 Å². The number of nitrogens with one attached hydrogen (secondary N) is 1. The van der Waals surface area contributed by atoms with E-state index in [-0.39, 0.29) is 5.95 Å². The molecule has 5 heteroatoms. The number of pyridine rings is 1. The average molecular weight is 355 g/mol. The zero-order chi connectivity index (χ0) is 18.8. The van der Waals surface area contributed by atoms with Gasteiger partial charge in [-0.3, -0.25) is 0 Å². The van der Waals surface area contributed by atoms with Crippen molar-refractivity contribution in [3.8, 4) is 11.3 Å². The molecule has 27 heavy (non-hydrogen) atoms. The molecule has 4 aromatic rings. The van der Waals surface area contributed by atoms with E-state index in [1.54, 1.807) is 0 Å². The van der Waals surface area contributed by atoms with Gasteiger partial charge in [0.25, 0.3) is 0 Å². The van der Waals surface area contributed by atoms with Crippen LogP contribution in [0.3, 0.4) is 0 Å². The summed E-state index contributed by atoms with van der Waals surface area (Å²) in [6.45, 7) is 4.59. The van der Waals surface area contributed by atoms with Crippen LogP contribution < -0.4 is 11.1 Å². The van der Waals surface area contributed by atoms with E-state index in [1.165, 1.54) is 5.56 Å². The van der Waals surface area contributed by atoms with Crippen LogP contribution in [-0.4, -0.2) is 15.0 Å². The molecule has 134 valence electrons. The Labute approximate surface area is 158 Å².